The van der Waals surface area contributed by atoms with Gasteiger partial charge in [0.2, 0.25) is 0 Å². The van der Waals surface area contributed by atoms with Crippen molar-refractivity contribution in [2.75, 3.05) is 13.2 Å². The maximum atomic E-state index is 12.6. The second-order valence-corrected chi connectivity index (χ2v) is 5.88. The minimum atomic E-state index is -4.83. The van der Waals surface area contributed by atoms with Gasteiger partial charge in [-0.1, -0.05) is 0 Å². The van der Waals surface area contributed by atoms with Gasteiger partial charge in [0.15, 0.2) is 0 Å². The van der Waals surface area contributed by atoms with Crippen LogP contribution in [0.15, 0.2) is 30.6 Å². The van der Waals surface area contributed by atoms with Crippen LogP contribution < -0.4 is 4.74 Å². The largest absolute Gasteiger partial charge is 0.573 e. The summed E-state index contributed by atoms with van der Waals surface area (Å²) in [5.74, 6) is 0.0329. The van der Waals surface area contributed by atoms with Crippen molar-refractivity contribution in [2.24, 2.45) is 5.92 Å². The van der Waals surface area contributed by atoms with E-state index in [-0.39, 0.29) is 11.1 Å². The first-order chi connectivity index (χ1) is 11.9. The van der Waals surface area contributed by atoms with Crippen LogP contribution in [0.1, 0.15) is 18.4 Å². The summed E-state index contributed by atoms with van der Waals surface area (Å²) < 4.78 is 49.1. The normalized spacial score (nSPS) is 15.8. The Morgan fingerprint density at radius 2 is 2.08 bits per heavy atom. The lowest BCUT2D eigenvalue weighted by atomic mass is 10.0. The summed E-state index contributed by atoms with van der Waals surface area (Å²) in [4.78, 5) is 0. The summed E-state index contributed by atoms with van der Waals surface area (Å²) in [6, 6.07) is 5.79. The van der Waals surface area contributed by atoms with E-state index in [0.29, 0.717) is 18.0 Å². The Bertz CT molecular complexity index is 774. The molecule has 1 aliphatic rings. The summed E-state index contributed by atoms with van der Waals surface area (Å²) in [5, 5.41) is 13.1. The first-order valence-corrected chi connectivity index (χ1v) is 7.85. The number of aromatic nitrogens is 2. The molecule has 0 N–H and O–H groups in total. The van der Waals surface area contributed by atoms with Crippen LogP contribution in [0.2, 0.25) is 0 Å². The molecular weight excluding hydrogens is 335 g/mol. The molecule has 5 nitrogen and oxygen atoms in total. The highest BCUT2D eigenvalue weighted by molar-refractivity contribution is 5.70. The van der Waals surface area contributed by atoms with Crippen LogP contribution in [0.5, 0.6) is 5.75 Å². The van der Waals surface area contributed by atoms with Crippen molar-refractivity contribution in [3.63, 3.8) is 0 Å². The van der Waals surface area contributed by atoms with Gasteiger partial charge >= 0.3 is 6.36 Å². The molecule has 2 heterocycles. The highest BCUT2D eigenvalue weighted by Crippen LogP contribution is 2.34. The number of hydrogen-bond donors (Lipinski definition) is 0. The fraction of sp³-hybridized carbons (Fsp3) is 0.412. The van der Waals surface area contributed by atoms with E-state index >= 15 is 0 Å². The summed E-state index contributed by atoms with van der Waals surface area (Å²) >= 11 is 0. The molecule has 1 fully saturated rings. The van der Waals surface area contributed by atoms with Crippen LogP contribution in [-0.4, -0.2) is 29.4 Å². The molecule has 1 aliphatic heterocycles. The van der Waals surface area contributed by atoms with Gasteiger partial charge in [0, 0.05) is 37.1 Å². The van der Waals surface area contributed by atoms with E-state index in [4.69, 9.17) is 10.00 Å². The summed E-state index contributed by atoms with van der Waals surface area (Å²) in [5.41, 5.74) is 0.850. The van der Waals surface area contributed by atoms with Crippen molar-refractivity contribution in [1.29, 1.82) is 5.26 Å². The van der Waals surface area contributed by atoms with Crippen molar-refractivity contribution in [2.45, 2.75) is 25.7 Å². The zero-order chi connectivity index (χ0) is 17.9. The molecule has 0 bridgehead atoms. The number of halogens is 3. The molecule has 1 aromatic carbocycles. The lowest BCUT2D eigenvalue weighted by Crippen LogP contribution is -2.20. The van der Waals surface area contributed by atoms with Gasteiger partial charge in [-0.3, -0.25) is 4.68 Å². The van der Waals surface area contributed by atoms with Crippen LogP contribution in [0, 0.1) is 17.2 Å². The lowest BCUT2D eigenvalue weighted by molar-refractivity contribution is -0.274. The average molecular weight is 351 g/mol. The van der Waals surface area contributed by atoms with E-state index in [1.165, 1.54) is 18.3 Å². The van der Waals surface area contributed by atoms with Crippen LogP contribution in [-0.2, 0) is 11.3 Å². The summed E-state index contributed by atoms with van der Waals surface area (Å²) in [7, 11) is 0. The van der Waals surface area contributed by atoms with Crippen molar-refractivity contribution in [3.8, 4) is 22.9 Å². The van der Waals surface area contributed by atoms with Gasteiger partial charge in [-0.15, -0.1) is 13.2 Å². The molecule has 25 heavy (non-hydrogen) atoms. The van der Waals surface area contributed by atoms with E-state index in [2.05, 4.69) is 9.84 Å². The molecule has 0 atom stereocenters. The Balaban J connectivity index is 1.84. The Morgan fingerprint density at radius 3 is 2.76 bits per heavy atom. The van der Waals surface area contributed by atoms with Crippen LogP contribution in [0.3, 0.4) is 0 Å². The van der Waals surface area contributed by atoms with Crippen molar-refractivity contribution in [1.82, 2.24) is 9.78 Å². The molecule has 0 saturated carbocycles. The van der Waals surface area contributed by atoms with Crippen LogP contribution in [0.25, 0.3) is 11.1 Å². The molecule has 0 unspecified atom stereocenters. The molecule has 0 spiro atoms. The number of alkyl halides is 3. The number of rotatable bonds is 4. The van der Waals surface area contributed by atoms with Crippen molar-refractivity contribution >= 4 is 0 Å². The maximum absolute atomic E-state index is 12.6. The second-order valence-electron chi connectivity index (χ2n) is 5.88. The number of benzene rings is 1. The quantitative estimate of drug-likeness (QED) is 0.842. The highest BCUT2D eigenvalue weighted by atomic mass is 19.4. The van der Waals surface area contributed by atoms with Gasteiger partial charge in [-0.25, -0.2) is 0 Å². The number of nitrogens with zero attached hydrogens (tertiary/aromatic N) is 3. The fourth-order valence-corrected chi connectivity index (χ4v) is 2.84. The summed E-state index contributed by atoms with van der Waals surface area (Å²) in [6.45, 7) is 2.13. The van der Waals surface area contributed by atoms with Gasteiger partial charge in [0.1, 0.15) is 5.75 Å². The first kappa shape index (κ1) is 17.3. The standard InChI is InChI=1S/C17H16F3N3O2/c18-17(19,20)25-16-7-13(8-21)1-2-15(16)14-9-22-23(11-14)10-12-3-5-24-6-4-12/h1-2,7,9,11-12H,3-6,10H2. The number of ether oxygens (including phenoxy) is 2. The topological polar surface area (TPSA) is 60.1 Å². The predicted octanol–water partition coefficient (Wildman–Crippen LogP) is 3.75. The molecule has 1 aromatic heterocycles. The maximum Gasteiger partial charge on any atom is 0.573 e. The molecule has 0 aliphatic carbocycles. The Hall–Kier alpha value is -2.53. The average Bonchev–Trinajstić information content (AvgIpc) is 3.02. The zero-order valence-corrected chi connectivity index (χ0v) is 13.3. The van der Waals surface area contributed by atoms with E-state index in [0.717, 1.165) is 32.1 Å². The Kier molecular flexibility index (Phi) is 4.95. The van der Waals surface area contributed by atoms with Gasteiger partial charge in [0.25, 0.3) is 0 Å². The van der Waals surface area contributed by atoms with E-state index in [1.807, 2.05) is 6.07 Å². The SMILES string of the molecule is N#Cc1ccc(-c2cnn(CC3CCOCC3)c2)c(OC(F)(F)F)c1. The molecule has 1 saturated heterocycles. The minimum absolute atomic E-state index is 0.0950. The highest BCUT2D eigenvalue weighted by Gasteiger charge is 2.32. The monoisotopic (exact) mass is 351 g/mol. The molecule has 8 heteroatoms. The molecule has 0 radical (unpaired) electrons. The van der Waals surface area contributed by atoms with Gasteiger partial charge in [0.05, 0.1) is 17.8 Å². The predicted molar refractivity (Wildman–Crippen MR) is 82.6 cm³/mol. The third-order valence-electron chi connectivity index (χ3n) is 4.07. The number of hydrogen-bond acceptors (Lipinski definition) is 4. The fourth-order valence-electron chi connectivity index (χ4n) is 2.84. The molecule has 132 valence electrons. The third kappa shape index (κ3) is 4.51. The van der Waals surface area contributed by atoms with E-state index < -0.39 is 12.1 Å². The first-order valence-electron chi connectivity index (χ1n) is 7.85. The summed E-state index contributed by atoms with van der Waals surface area (Å²) in [6.07, 6.45) is 0.244. The molecular formula is C17H16F3N3O2. The molecule has 3 rings (SSSR count). The molecule has 0 amide bonds. The van der Waals surface area contributed by atoms with E-state index in [9.17, 15) is 13.2 Å². The number of nitriles is 1. The Labute approximate surface area is 142 Å². The van der Waals surface area contributed by atoms with Gasteiger partial charge < -0.3 is 9.47 Å². The second kappa shape index (κ2) is 7.15. The third-order valence-corrected chi connectivity index (χ3v) is 4.07. The Morgan fingerprint density at radius 1 is 1.32 bits per heavy atom. The minimum Gasteiger partial charge on any atom is -0.405 e. The van der Waals surface area contributed by atoms with Crippen molar-refractivity contribution in [3.05, 3.63) is 36.2 Å². The van der Waals surface area contributed by atoms with E-state index in [1.54, 1.807) is 10.9 Å². The van der Waals surface area contributed by atoms with Crippen LogP contribution in [0.4, 0.5) is 13.2 Å². The smallest absolute Gasteiger partial charge is 0.405 e. The van der Waals surface area contributed by atoms with Gasteiger partial charge in [-0.2, -0.15) is 10.4 Å². The molecule has 2 aromatic rings. The lowest BCUT2D eigenvalue weighted by Gasteiger charge is -2.21. The van der Waals surface area contributed by atoms with Crippen molar-refractivity contribution < 1.29 is 22.6 Å². The van der Waals surface area contributed by atoms with Gasteiger partial charge in [-0.05, 0) is 37.0 Å². The zero-order valence-electron chi connectivity index (χ0n) is 13.3. The van der Waals surface area contributed by atoms with Crippen LogP contribution >= 0.6 is 0 Å².